The summed E-state index contributed by atoms with van der Waals surface area (Å²) in [7, 11) is 0. The molecule has 0 aliphatic rings. The number of aromatic nitrogens is 1. The van der Waals surface area contributed by atoms with E-state index in [0.29, 0.717) is 11.4 Å². The Morgan fingerprint density at radius 2 is 2.20 bits per heavy atom. The van der Waals surface area contributed by atoms with Gasteiger partial charge >= 0.3 is 12.1 Å². The van der Waals surface area contributed by atoms with Crippen molar-refractivity contribution in [2.75, 3.05) is 0 Å². The van der Waals surface area contributed by atoms with Crippen molar-refractivity contribution in [1.82, 2.24) is 4.98 Å². The molecule has 0 saturated heterocycles. The first-order valence-corrected chi connectivity index (χ1v) is 5.01. The summed E-state index contributed by atoms with van der Waals surface area (Å²) in [4.78, 5) is 13.5. The van der Waals surface area contributed by atoms with Crippen LogP contribution in [0, 0.1) is 0 Å². The first kappa shape index (κ1) is 12.0. The van der Waals surface area contributed by atoms with Gasteiger partial charge in [0.25, 0.3) is 0 Å². The normalized spacial score (nSPS) is 11.7. The van der Waals surface area contributed by atoms with Crippen molar-refractivity contribution in [3.63, 3.8) is 0 Å². The van der Waals surface area contributed by atoms with E-state index in [1.807, 2.05) is 0 Å². The van der Waals surface area contributed by atoms with E-state index in [1.54, 1.807) is 0 Å². The highest BCUT2D eigenvalue weighted by Crippen LogP contribution is 2.30. The van der Waals surface area contributed by atoms with Crippen molar-refractivity contribution >= 4 is 17.3 Å². The minimum Gasteiger partial charge on any atom is -0.481 e. The molecule has 0 spiro atoms. The largest absolute Gasteiger partial charge is 0.481 e. The molecule has 84 valence electrons. The minimum atomic E-state index is -4.42. The molecule has 0 fully saturated rings. The number of aliphatic carboxylic acids is 1. The quantitative estimate of drug-likeness (QED) is 0.878. The SMILES string of the molecule is O=C(O)CCCc1nc(C(F)(F)F)cs1. The number of halogens is 3. The van der Waals surface area contributed by atoms with E-state index in [4.69, 9.17) is 5.11 Å². The van der Waals surface area contributed by atoms with Gasteiger partial charge in [-0.2, -0.15) is 13.2 Å². The molecule has 1 N–H and O–H groups in total. The van der Waals surface area contributed by atoms with Gasteiger partial charge in [-0.25, -0.2) is 4.98 Å². The van der Waals surface area contributed by atoms with Gasteiger partial charge in [0, 0.05) is 11.8 Å². The topological polar surface area (TPSA) is 50.2 Å². The second-order valence-electron chi connectivity index (χ2n) is 2.87. The molecule has 1 aromatic rings. The monoisotopic (exact) mass is 239 g/mol. The lowest BCUT2D eigenvalue weighted by molar-refractivity contribution is -0.141. The molecule has 0 atom stereocenters. The molecule has 0 aliphatic carbocycles. The predicted octanol–water partition coefficient (Wildman–Crippen LogP) is 2.57. The average molecular weight is 239 g/mol. The number of nitrogens with zero attached hydrogens (tertiary/aromatic N) is 1. The molecule has 1 rings (SSSR count). The summed E-state index contributed by atoms with van der Waals surface area (Å²) in [6.45, 7) is 0. The van der Waals surface area contributed by atoms with Crippen LogP contribution in [0.1, 0.15) is 23.5 Å². The van der Waals surface area contributed by atoms with Crippen molar-refractivity contribution in [1.29, 1.82) is 0 Å². The van der Waals surface area contributed by atoms with Crippen molar-refractivity contribution in [3.05, 3.63) is 16.1 Å². The van der Waals surface area contributed by atoms with Crippen molar-refractivity contribution in [2.45, 2.75) is 25.4 Å². The standard InChI is InChI=1S/C8H8F3NO2S/c9-8(10,11)5-4-15-6(12-5)2-1-3-7(13)14/h4H,1-3H2,(H,13,14). The number of carboxylic acid groups (broad SMARTS) is 1. The van der Waals surface area contributed by atoms with E-state index in [9.17, 15) is 18.0 Å². The molecule has 0 aromatic carbocycles. The number of thiazole rings is 1. The Bertz CT molecular complexity index is 348. The summed E-state index contributed by atoms with van der Waals surface area (Å²) in [6.07, 6.45) is -3.89. The number of aryl methyl sites for hydroxylation is 1. The number of hydrogen-bond acceptors (Lipinski definition) is 3. The predicted molar refractivity (Wildman–Crippen MR) is 47.7 cm³/mol. The van der Waals surface area contributed by atoms with E-state index in [2.05, 4.69) is 4.98 Å². The third-order valence-electron chi connectivity index (χ3n) is 1.62. The van der Waals surface area contributed by atoms with Crippen LogP contribution in [-0.4, -0.2) is 16.1 Å². The second kappa shape index (κ2) is 4.61. The Morgan fingerprint density at radius 3 is 2.67 bits per heavy atom. The summed E-state index contributed by atoms with van der Waals surface area (Å²) in [5.41, 5.74) is -0.905. The second-order valence-corrected chi connectivity index (χ2v) is 3.81. The van der Waals surface area contributed by atoms with Gasteiger partial charge < -0.3 is 5.11 Å². The van der Waals surface area contributed by atoms with E-state index < -0.39 is 17.8 Å². The molecule has 0 unspecified atom stereocenters. The average Bonchev–Trinajstić information content (AvgIpc) is 2.51. The third-order valence-corrected chi connectivity index (χ3v) is 2.53. The smallest absolute Gasteiger partial charge is 0.434 e. The lowest BCUT2D eigenvalue weighted by Gasteiger charge is -1.99. The number of carboxylic acids is 1. The summed E-state index contributed by atoms with van der Waals surface area (Å²) in [5.74, 6) is -0.956. The van der Waals surface area contributed by atoms with Gasteiger partial charge in [-0.3, -0.25) is 4.79 Å². The van der Waals surface area contributed by atoms with Gasteiger partial charge in [-0.1, -0.05) is 0 Å². The number of carbonyl (C=O) groups is 1. The number of hydrogen-bond donors (Lipinski definition) is 1. The molecule has 1 aromatic heterocycles. The van der Waals surface area contributed by atoms with Gasteiger partial charge in [0.15, 0.2) is 5.69 Å². The van der Waals surface area contributed by atoms with Crippen LogP contribution >= 0.6 is 11.3 Å². The van der Waals surface area contributed by atoms with Crippen molar-refractivity contribution < 1.29 is 23.1 Å². The van der Waals surface area contributed by atoms with Crippen LogP contribution < -0.4 is 0 Å². The minimum absolute atomic E-state index is 0.0546. The summed E-state index contributed by atoms with van der Waals surface area (Å²) in [5, 5.41) is 9.59. The van der Waals surface area contributed by atoms with Crippen molar-refractivity contribution in [3.8, 4) is 0 Å². The van der Waals surface area contributed by atoms with Gasteiger partial charge in [-0.15, -0.1) is 11.3 Å². The highest BCUT2D eigenvalue weighted by atomic mass is 32.1. The van der Waals surface area contributed by atoms with Crippen LogP contribution in [0.15, 0.2) is 5.38 Å². The highest BCUT2D eigenvalue weighted by molar-refractivity contribution is 7.09. The molecular weight excluding hydrogens is 231 g/mol. The van der Waals surface area contributed by atoms with E-state index in [1.165, 1.54) is 0 Å². The van der Waals surface area contributed by atoms with Crippen LogP contribution in [0.5, 0.6) is 0 Å². The number of alkyl halides is 3. The molecule has 0 saturated carbocycles. The molecule has 7 heteroatoms. The third kappa shape index (κ3) is 3.86. The van der Waals surface area contributed by atoms with E-state index in [0.717, 1.165) is 16.7 Å². The molecule has 0 amide bonds. The molecule has 0 aliphatic heterocycles. The molecule has 15 heavy (non-hydrogen) atoms. The Hall–Kier alpha value is -1.11. The lowest BCUT2D eigenvalue weighted by Crippen LogP contribution is -2.05. The van der Waals surface area contributed by atoms with E-state index >= 15 is 0 Å². The zero-order valence-corrected chi connectivity index (χ0v) is 8.36. The number of rotatable bonds is 4. The fourth-order valence-electron chi connectivity index (χ4n) is 0.947. The van der Waals surface area contributed by atoms with Crippen LogP contribution in [0.25, 0.3) is 0 Å². The van der Waals surface area contributed by atoms with Gasteiger partial charge in [-0.05, 0) is 12.8 Å². The fourth-order valence-corrected chi connectivity index (χ4v) is 1.79. The Labute approximate surface area is 87.6 Å². The molecule has 0 bridgehead atoms. The Morgan fingerprint density at radius 1 is 1.53 bits per heavy atom. The first-order valence-electron chi connectivity index (χ1n) is 4.13. The lowest BCUT2D eigenvalue weighted by atomic mass is 10.2. The fraction of sp³-hybridized carbons (Fsp3) is 0.500. The van der Waals surface area contributed by atoms with Crippen LogP contribution in [0.3, 0.4) is 0 Å². The summed E-state index contributed by atoms with van der Waals surface area (Å²) >= 11 is 0.904. The molecule has 3 nitrogen and oxygen atoms in total. The summed E-state index contributed by atoms with van der Waals surface area (Å²) < 4.78 is 36.3. The van der Waals surface area contributed by atoms with Crippen LogP contribution in [-0.2, 0) is 17.4 Å². The molecule has 0 radical (unpaired) electrons. The Balaban J connectivity index is 2.50. The maximum Gasteiger partial charge on any atom is 0.434 e. The Kier molecular flexibility index (Phi) is 3.67. The van der Waals surface area contributed by atoms with E-state index in [-0.39, 0.29) is 12.8 Å². The zero-order chi connectivity index (χ0) is 11.5. The van der Waals surface area contributed by atoms with Crippen LogP contribution in [0.2, 0.25) is 0 Å². The molecule has 1 heterocycles. The van der Waals surface area contributed by atoms with Crippen molar-refractivity contribution in [2.24, 2.45) is 0 Å². The summed E-state index contributed by atoms with van der Waals surface area (Å²) in [6, 6.07) is 0. The zero-order valence-electron chi connectivity index (χ0n) is 7.54. The molecular formula is C8H8F3NO2S. The van der Waals surface area contributed by atoms with Gasteiger partial charge in [0.1, 0.15) is 0 Å². The van der Waals surface area contributed by atoms with Crippen LogP contribution in [0.4, 0.5) is 13.2 Å². The first-order chi connectivity index (χ1) is 6.89. The van der Waals surface area contributed by atoms with Gasteiger partial charge in [0.05, 0.1) is 5.01 Å². The highest BCUT2D eigenvalue weighted by Gasteiger charge is 2.33. The maximum atomic E-state index is 12.1. The maximum absolute atomic E-state index is 12.1. The van der Waals surface area contributed by atoms with Gasteiger partial charge in [0.2, 0.25) is 0 Å².